The average Bonchev–Trinajstić information content (AvgIpc) is 3.09. The average molecular weight is 473 g/mol. The van der Waals surface area contributed by atoms with Gasteiger partial charge in [0.05, 0.1) is 39.1 Å². The molecule has 0 fully saturated rings. The minimum absolute atomic E-state index is 0.0394. The molecule has 0 bridgehead atoms. The molecule has 8 nitrogen and oxygen atoms in total. The molecule has 0 atom stereocenters. The summed E-state index contributed by atoms with van der Waals surface area (Å²) in [6, 6.07) is 18.1. The van der Waals surface area contributed by atoms with Crippen LogP contribution in [0.1, 0.15) is 27.1 Å². The Morgan fingerprint density at radius 2 is 1.59 bits per heavy atom. The van der Waals surface area contributed by atoms with E-state index >= 15 is 0 Å². The summed E-state index contributed by atoms with van der Waals surface area (Å²) < 4.78 is 1.39. The fraction of sp³-hybridized carbons (Fsp3) is 0.0800. The van der Waals surface area contributed by atoms with E-state index in [1.165, 1.54) is 23.0 Å². The monoisotopic (exact) mass is 472 g/mol. The second-order valence-corrected chi connectivity index (χ2v) is 8.12. The molecule has 0 spiro atoms. The third-order valence-electron chi connectivity index (χ3n) is 5.58. The highest BCUT2D eigenvalue weighted by Gasteiger charge is 2.37. The van der Waals surface area contributed by atoms with Crippen LogP contribution in [0.15, 0.2) is 77.9 Å². The van der Waals surface area contributed by atoms with Crippen LogP contribution in [0, 0.1) is 0 Å². The van der Waals surface area contributed by atoms with Crippen molar-refractivity contribution in [2.45, 2.75) is 13.0 Å². The molecule has 34 heavy (non-hydrogen) atoms. The first kappa shape index (κ1) is 21.5. The molecule has 1 N–H and O–H groups in total. The Balaban J connectivity index is 1.28. The topological polar surface area (TPSA) is 101 Å². The van der Waals surface area contributed by atoms with E-state index in [0.29, 0.717) is 27.7 Å². The Hall–Kier alpha value is -4.30. The molecular formula is C25H17ClN4O4. The van der Waals surface area contributed by atoms with E-state index in [1.54, 1.807) is 54.6 Å². The summed E-state index contributed by atoms with van der Waals surface area (Å²) >= 11 is 6.36. The van der Waals surface area contributed by atoms with Gasteiger partial charge in [0.15, 0.2) is 0 Å². The van der Waals surface area contributed by atoms with Crippen molar-refractivity contribution in [3.8, 4) is 0 Å². The summed E-state index contributed by atoms with van der Waals surface area (Å²) in [6.07, 6.45) is 1.46. The maximum atomic E-state index is 12.7. The standard InChI is InChI=1S/C25H17ClN4O4/c26-19-13-15(9-10-21(19)30-24(33)16-5-1-2-6-17(16)25(30)34)28-22(31)11-12-29-14-27-20-8-4-3-7-18(20)23(29)32/h1-10,13-14H,11-12H2,(H,28,31). The van der Waals surface area contributed by atoms with Crippen LogP contribution in [0.3, 0.4) is 0 Å². The van der Waals surface area contributed by atoms with E-state index in [4.69, 9.17) is 11.6 Å². The van der Waals surface area contributed by atoms with Crippen LogP contribution in [0.2, 0.25) is 5.02 Å². The third-order valence-corrected chi connectivity index (χ3v) is 5.88. The molecule has 1 aliphatic heterocycles. The summed E-state index contributed by atoms with van der Waals surface area (Å²) in [6.45, 7) is 0.156. The summed E-state index contributed by atoms with van der Waals surface area (Å²) in [7, 11) is 0. The Labute approximate surface area is 198 Å². The predicted molar refractivity (Wildman–Crippen MR) is 128 cm³/mol. The zero-order chi connectivity index (χ0) is 23.8. The van der Waals surface area contributed by atoms with E-state index in [0.717, 1.165) is 4.90 Å². The van der Waals surface area contributed by atoms with Gasteiger partial charge in [0, 0.05) is 18.7 Å². The van der Waals surface area contributed by atoms with Crippen molar-refractivity contribution in [3.05, 3.63) is 99.6 Å². The van der Waals surface area contributed by atoms with Gasteiger partial charge in [0.1, 0.15) is 0 Å². The van der Waals surface area contributed by atoms with Gasteiger partial charge < -0.3 is 5.32 Å². The number of carbonyl (C=O) groups is 3. The van der Waals surface area contributed by atoms with Crippen molar-refractivity contribution < 1.29 is 14.4 Å². The smallest absolute Gasteiger partial charge is 0.266 e. The number of anilines is 2. The van der Waals surface area contributed by atoms with Crippen LogP contribution < -0.4 is 15.8 Å². The van der Waals surface area contributed by atoms with Gasteiger partial charge in [0.2, 0.25) is 5.91 Å². The zero-order valence-corrected chi connectivity index (χ0v) is 18.5. The number of fused-ring (bicyclic) bond motifs is 2. The number of imide groups is 1. The number of benzene rings is 3. The van der Waals surface area contributed by atoms with Crippen molar-refractivity contribution in [3.63, 3.8) is 0 Å². The minimum Gasteiger partial charge on any atom is -0.326 e. The SMILES string of the molecule is O=C(CCn1cnc2ccccc2c1=O)Nc1ccc(N2C(=O)c3ccccc3C2=O)c(Cl)c1. The first-order chi connectivity index (χ1) is 16.4. The van der Waals surface area contributed by atoms with E-state index in [1.807, 2.05) is 0 Å². The highest BCUT2D eigenvalue weighted by Crippen LogP contribution is 2.34. The van der Waals surface area contributed by atoms with Crippen molar-refractivity contribution in [2.24, 2.45) is 0 Å². The van der Waals surface area contributed by atoms with Gasteiger partial charge in [-0.15, -0.1) is 0 Å². The van der Waals surface area contributed by atoms with Crippen LogP contribution in [-0.4, -0.2) is 27.3 Å². The van der Waals surface area contributed by atoms with Gasteiger partial charge in [-0.2, -0.15) is 0 Å². The largest absolute Gasteiger partial charge is 0.326 e. The van der Waals surface area contributed by atoms with Crippen LogP contribution in [-0.2, 0) is 11.3 Å². The number of para-hydroxylation sites is 1. The molecule has 168 valence electrons. The predicted octanol–water partition coefficient (Wildman–Crippen LogP) is 3.88. The van der Waals surface area contributed by atoms with Crippen molar-refractivity contribution in [1.82, 2.24) is 9.55 Å². The van der Waals surface area contributed by atoms with E-state index in [9.17, 15) is 19.2 Å². The number of carbonyl (C=O) groups excluding carboxylic acids is 3. The maximum absolute atomic E-state index is 12.7. The van der Waals surface area contributed by atoms with Gasteiger partial charge >= 0.3 is 0 Å². The lowest BCUT2D eigenvalue weighted by atomic mass is 10.1. The number of rotatable bonds is 5. The van der Waals surface area contributed by atoms with E-state index < -0.39 is 11.8 Å². The molecular weight excluding hydrogens is 456 g/mol. The molecule has 3 amide bonds. The normalized spacial score (nSPS) is 12.8. The lowest BCUT2D eigenvalue weighted by molar-refractivity contribution is -0.116. The third kappa shape index (κ3) is 3.74. The first-order valence-corrected chi connectivity index (χ1v) is 10.8. The van der Waals surface area contributed by atoms with Gasteiger partial charge in [-0.3, -0.25) is 23.7 Å². The quantitative estimate of drug-likeness (QED) is 0.444. The van der Waals surface area contributed by atoms with Crippen LogP contribution in [0.5, 0.6) is 0 Å². The Kier molecular flexibility index (Phi) is 5.43. The van der Waals surface area contributed by atoms with E-state index in [2.05, 4.69) is 10.3 Å². The number of amides is 3. The summed E-state index contributed by atoms with van der Waals surface area (Å²) in [5.74, 6) is -1.23. The number of hydrogen-bond donors (Lipinski definition) is 1. The first-order valence-electron chi connectivity index (χ1n) is 10.5. The maximum Gasteiger partial charge on any atom is 0.266 e. The lowest BCUT2D eigenvalue weighted by Gasteiger charge is -2.16. The summed E-state index contributed by atoms with van der Waals surface area (Å²) in [5.41, 5.74) is 1.66. The summed E-state index contributed by atoms with van der Waals surface area (Å²) in [5, 5.41) is 3.35. The van der Waals surface area contributed by atoms with Crippen LogP contribution >= 0.6 is 11.6 Å². The second-order valence-electron chi connectivity index (χ2n) is 7.72. The summed E-state index contributed by atoms with van der Waals surface area (Å²) in [4.78, 5) is 55.7. The minimum atomic E-state index is -0.450. The van der Waals surface area contributed by atoms with E-state index in [-0.39, 0.29) is 35.1 Å². The molecule has 9 heteroatoms. The number of hydrogen-bond acceptors (Lipinski definition) is 5. The van der Waals surface area contributed by atoms with Crippen LogP contribution in [0.25, 0.3) is 10.9 Å². The molecule has 4 aromatic rings. The molecule has 0 unspecified atom stereocenters. The molecule has 1 aliphatic rings. The number of nitrogens with zero attached hydrogens (tertiary/aromatic N) is 3. The molecule has 1 aromatic heterocycles. The Bertz CT molecular complexity index is 1510. The molecule has 0 radical (unpaired) electrons. The van der Waals surface area contributed by atoms with Crippen molar-refractivity contribution in [1.29, 1.82) is 0 Å². The number of halogens is 1. The van der Waals surface area contributed by atoms with Gasteiger partial charge in [-0.25, -0.2) is 9.88 Å². The molecule has 0 saturated heterocycles. The molecule has 2 heterocycles. The fourth-order valence-electron chi connectivity index (χ4n) is 3.88. The van der Waals surface area contributed by atoms with Crippen molar-refractivity contribution in [2.75, 3.05) is 10.2 Å². The molecule has 0 aliphatic carbocycles. The zero-order valence-electron chi connectivity index (χ0n) is 17.7. The molecule has 5 rings (SSSR count). The molecule has 0 saturated carbocycles. The Morgan fingerprint density at radius 3 is 2.29 bits per heavy atom. The Morgan fingerprint density at radius 1 is 0.912 bits per heavy atom. The highest BCUT2D eigenvalue weighted by molar-refractivity contribution is 6.40. The van der Waals surface area contributed by atoms with Gasteiger partial charge in [0.25, 0.3) is 17.4 Å². The van der Waals surface area contributed by atoms with Gasteiger partial charge in [-0.05, 0) is 42.5 Å². The van der Waals surface area contributed by atoms with Crippen molar-refractivity contribution >= 4 is 51.6 Å². The molecule has 3 aromatic carbocycles. The highest BCUT2D eigenvalue weighted by atomic mass is 35.5. The number of aryl methyl sites for hydroxylation is 1. The van der Waals surface area contributed by atoms with Crippen LogP contribution in [0.4, 0.5) is 11.4 Å². The number of aromatic nitrogens is 2. The lowest BCUT2D eigenvalue weighted by Crippen LogP contribution is -2.29. The second kappa shape index (κ2) is 8.57. The van der Waals surface area contributed by atoms with Gasteiger partial charge in [-0.1, -0.05) is 35.9 Å². The fourth-order valence-corrected chi connectivity index (χ4v) is 4.15. The number of nitrogens with one attached hydrogen (secondary N) is 1.